The zero-order valence-corrected chi connectivity index (χ0v) is 11.9. The fourth-order valence-corrected chi connectivity index (χ4v) is 3.17. The van der Waals surface area contributed by atoms with Crippen LogP contribution >= 0.6 is 0 Å². The molecule has 1 nitrogen and oxygen atoms in total. The normalized spacial score (nSPS) is 14.5. The van der Waals surface area contributed by atoms with Crippen LogP contribution in [0.1, 0.15) is 68.2 Å². The molecule has 0 aliphatic heterocycles. The minimum atomic E-state index is 0.598. The second-order valence-electron chi connectivity index (χ2n) is 5.81. The Hall–Kier alpha value is -0.980. The minimum Gasteiger partial charge on any atom is -0.388 e. The van der Waals surface area contributed by atoms with Gasteiger partial charge < -0.3 is 5.32 Å². The average molecular weight is 231 g/mol. The number of fused-ring (bicyclic) bond motifs is 1. The van der Waals surface area contributed by atoms with Gasteiger partial charge in [0.05, 0.1) is 0 Å². The first-order valence-electron chi connectivity index (χ1n) is 6.92. The van der Waals surface area contributed by atoms with Gasteiger partial charge in [0.15, 0.2) is 0 Å². The lowest BCUT2D eigenvalue weighted by Gasteiger charge is -2.23. The molecular weight excluding hydrogens is 206 g/mol. The quantitative estimate of drug-likeness (QED) is 0.809. The van der Waals surface area contributed by atoms with Gasteiger partial charge in [-0.3, -0.25) is 0 Å². The Labute approximate surface area is 106 Å². The SMILES string of the molecule is CNc1c(C(C)C)cc2c(c1C(C)C)CCC2. The molecule has 0 atom stereocenters. The van der Waals surface area contributed by atoms with E-state index in [1.807, 2.05) is 0 Å². The lowest BCUT2D eigenvalue weighted by Crippen LogP contribution is -2.07. The summed E-state index contributed by atoms with van der Waals surface area (Å²) in [4.78, 5) is 0. The van der Waals surface area contributed by atoms with Crippen LogP contribution in [0.5, 0.6) is 0 Å². The molecule has 2 rings (SSSR count). The third-order valence-electron chi connectivity index (χ3n) is 3.92. The van der Waals surface area contributed by atoms with Crippen molar-refractivity contribution in [2.24, 2.45) is 0 Å². The van der Waals surface area contributed by atoms with Crippen molar-refractivity contribution in [2.75, 3.05) is 12.4 Å². The molecule has 0 radical (unpaired) electrons. The van der Waals surface area contributed by atoms with Crippen molar-refractivity contribution in [2.45, 2.75) is 58.8 Å². The van der Waals surface area contributed by atoms with E-state index >= 15 is 0 Å². The molecule has 1 aliphatic rings. The van der Waals surface area contributed by atoms with E-state index in [-0.39, 0.29) is 0 Å². The number of hydrogen-bond acceptors (Lipinski definition) is 1. The van der Waals surface area contributed by atoms with Crippen LogP contribution in [0.4, 0.5) is 5.69 Å². The van der Waals surface area contributed by atoms with Crippen LogP contribution in [-0.2, 0) is 12.8 Å². The Balaban J connectivity index is 2.68. The molecule has 0 saturated carbocycles. The van der Waals surface area contributed by atoms with E-state index in [0.717, 1.165) is 0 Å². The van der Waals surface area contributed by atoms with Gasteiger partial charge in [0.1, 0.15) is 0 Å². The summed E-state index contributed by atoms with van der Waals surface area (Å²) >= 11 is 0. The lowest BCUT2D eigenvalue weighted by atomic mass is 9.86. The molecule has 1 heteroatoms. The summed E-state index contributed by atoms with van der Waals surface area (Å²) in [5.41, 5.74) is 7.71. The molecule has 0 heterocycles. The molecule has 17 heavy (non-hydrogen) atoms. The van der Waals surface area contributed by atoms with Crippen LogP contribution in [0.3, 0.4) is 0 Å². The number of anilines is 1. The number of rotatable bonds is 3. The molecule has 1 N–H and O–H groups in total. The van der Waals surface area contributed by atoms with Crippen LogP contribution in [0.25, 0.3) is 0 Å². The smallest absolute Gasteiger partial charge is 0.0410 e. The first kappa shape index (κ1) is 12.5. The van der Waals surface area contributed by atoms with Gasteiger partial charge in [-0.05, 0) is 53.4 Å². The van der Waals surface area contributed by atoms with Crippen LogP contribution in [0.2, 0.25) is 0 Å². The van der Waals surface area contributed by atoms with Gasteiger partial charge in [-0.15, -0.1) is 0 Å². The summed E-state index contributed by atoms with van der Waals surface area (Å²) in [6.45, 7) is 9.22. The van der Waals surface area contributed by atoms with Gasteiger partial charge in [0.2, 0.25) is 0 Å². The van der Waals surface area contributed by atoms with Gasteiger partial charge in [0.25, 0.3) is 0 Å². The van der Waals surface area contributed by atoms with Gasteiger partial charge in [-0.2, -0.15) is 0 Å². The van der Waals surface area contributed by atoms with Crippen molar-refractivity contribution in [1.29, 1.82) is 0 Å². The second-order valence-corrected chi connectivity index (χ2v) is 5.81. The van der Waals surface area contributed by atoms with Crippen molar-refractivity contribution in [3.05, 3.63) is 28.3 Å². The maximum Gasteiger partial charge on any atom is 0.0410 e. The van der Waals surface area contributed by atoms with Crippen molar-refractivity contribution in [1.82, 2.24) is 0 Å². The van der Waals surface area contributed by atoms with Crippen LogP contribution in [-0.4, -0.2) is 7.05 Å². The predicted molar refractivity (Wildman–Crippen MR) is 76.2 cm³/mol. The Morgan fingerprint density at radius 1 is 1.06 bits per heavy atom. The Morgan fingerprint density at radius 3 is 2.29 bits per heavy atom. The molecule has 0 amide bonds. The number of benzene rings is 1. The lowest BCUT2D eigenvalue weighted by molar-refractivity contribution is 0.822. The molecule has 0 saturated heterocycles. The van der Waals surface area contributed by atoms with Gasteiger partial charge in [0, 0.05) is 12.7 Å². The fourth-order valence-electron chi connectivity index (χ4n) is 3.17. The van der Waals surface area contributed by atoms with Gasteiger partial charge in [-0.25, -0.2) is 0 Å². The highest BCUT2D eigenvalue weighted by molar-refractivity contribution is 5.65. The number of nitrogens with one attached hydrogen (secondary N) is 1. The van der Waals surface area contributed by atoms with Crippen molar-refractivity contribution in [3.8, 4) is 0 Å². The average Bonchev–Trinajstić information content (AvgIpc) is 2.73. The molecule has 0 bridgehead atoms. The van der Waals surface area contributed by atoms with Crippen LogP contribution in [0, 0.1) is 0 Å². The van der Waals surface area contributed by atoms with Gasteiger partial charge >= 0.3 is 0 Å². The molecule has 1 aromatic carbocycles. The first-order chi connectivity index (χ1) is 8.06. The molecule has 1 aliphatic carbocycles. The van der Waals surface area contributed by atoms with E-state index in [4.69, 9.17) is 0 Å². The monoisotopic (exact) mass is 231 g/mol. The Morgan fingerprint density at radius 2 is 1.76 bits per heavy atom. The third-order valence-corrected chi connectivity index (χ3v) is 3.92. The highest BCUT2D eigenvalue weighted by atomic mass is 14.8. The van der Waals surface area contributed by atoms with E-state index in [9.17, 15) is 0 Å². The Bertz CT molecular complexity index is 416. The molecular formula is C16H25N. The number of hydrogen-bond donors (Lipinski definition) is 1. The third kappa shape index (κ3) is 2.08. The summed E-state index contributed by atoms with van der Waals surface area (Å²) in [7, 11) is 2.06. The van der Waals surface area contributed by atoms with E-state index in [1.165, 1.54) is 30.5 Å². The maximum absolute atomic E-state index is 3.46. The molecule has 0 aromatic heterocycles. The zero-order chi connectivity index (χ0) is 12.6. The Kier molecular flexibility index (Phi) is 3.46. The summed E-state index contributed by atoms with van der Waals surface area (Å²) in [6.07, 6.45) is 3.88. The topological polar surface area (TPSA) is 12.0 Å². The predicted octanol–water partition coefficient (Wildman–Crippen LogP) is 4.46. The van der Waals surface area contributed by atoms with Gasteiger partial charge in [-0.1, -0.05) is 33.8 Å². The van der Waals surface area contributed by atoms with E-state index in [0.29, 0.717) is 11.8 Å². The standard InChI is InChI=1S/C16H25N/c1-10(2)14-9-12-7-6-8-13(12)15(11(3)4)16(14)17-5/h9-11,17H,6-8H2,1-5H3. The first-order valence-corrected chi connectivity index (χ1v) is 6.92. The largest absolute Gasteiger partial charge is 0.388 e. The highest BCUT2D eigenvalue weighted by Crippen LogP contribution is 2.40. The van der Waals surface area contributed by atoms with Crippen LogP contribution in [0.15, 0.2) is 6.07 Å². The van der Waals surface area contributed by atoms with E-state index in [2.05, 4.69) is 46.1 Å². The minimum absolute atomic E-state index is 0.598. The zero-order valence-electron chi connectivity index (χ0n) is 11.9. The molecule has 0 fully saturated rings. The number of aryl methyl sites for hydroxylation is 1. The summed E-state index contributed by atoms with van der Waals surface area (Å²) < 4.78 is 0. The summed E-state index contributed by atoms with van der Waals surface area (Å²) in [6, 6.07) is 2.45. The summed E-state index contributed by atoms with van der Waals surface area (Å²) in [5, 5.41) is 3.46. The van der Waals surface area contributed by atoms with E-state index in [1.54, 1.807) is 16.7 Å². The molecule has 94 valence electrons. The van der Waals surface area contributed by atoms with Crippen molar-refractivity contribution < 1.29 is 0 Å². The van der Waals surface area contributed by atoms with Crippen molar-refractivity contribution in [3.63, 3.8) is 0 Å². The van der Waals surface area contributed by atoms with Crippen molar-refractivity contribution >= 4 is 5.69 Å². The second kappa shape index (κ2) is 4.72. The summed E-state index contributed by atoms with van der Waals surface area (Å²) in [5.74, 6) is 1.21. The molecule has 1 aromatic rings. The van der Waals surface area contributed by atoms with E-state index < -0.39 is 0 Å². The highest BCUT2D eigenvalue weighted by Gasteiger charge is 2.23. The molecule has 0 spiro atoms. The molecule has 0 unspecified atom stereocenters. The maximum atomic E-state index is 3.46. The van der Waals surface area contributed by atoms with Crippen LogP contribution < -0.4 is 5.32 Å². The fraction of sp³-hybridized carbons (Fsp3) is 0.625.